The molecule has 1 aliphatic rings. The predicted molar refractivity (Wildman–Crippen MR) is 70.2 cm³/mol. The Morgan fingerprint density at radius 3 is 2.95 bits per heavy atom. The van der Waals surface area contributed by atoms with Crippen molar-refractivity contribution in [2.24, 2.45) is 13.0 Å². The van der Waals surface area contributed by atoms with E-state index >= 15 is 0 Å². The smallest absolute Gasteiger partial charge is 0.317 e. The van der Waals surface area contributed by atoms with Gasteiger partial charge in [0.05, 0.1) is 13.6 Å². The zero-order chi connectivity index (χ0) is 13.7. The quantitative estimate of drug-likeness (QED) is 0.883. The van der Waals surface area contributed by atoms with E-state index in [4.69, 9.17) is 0 Å². The number of carbonyl (C=O) groups is 1. The van der Waals surface area contributed by atoms with Crippen molar-refractivity contribution in [1.82, 2.24) is 30.4 Å². The summed E-state index contributed by atoms with van der Waals surface area (Å²) in [6, 6.07) is -0.0239. The molecule has 7 nitrogen and oxygen atoms in total. The van der Waals surface area contributed by atoms with Gasteiger partial charge in [-0.1, -0.05) is 13.3 Å². The van der Waals surface area contributed by atoms with Gasteiger partial charge in [0.25, 0.3) is 0 Å². The molecule has 0 radical (unpaired) electrons. The number of nitrogens with zero attached hydrogens (tertiary/aromatic N) is 5. The Morgan fingerprint density at radius 1 is 1.42 bits per heavy atom. The maximum absolute atomic E-state index is 12.1. The van der Waals surface area contributed by atoms with E-state index < -0.39 is 0 Å². The van der Waals surface area contributed by atoms with Crippen LogP contribution in [0.3, 0.4) is 0 Å². The number of likely N-dealkylation sites (tertiary alicyclic amines) is 1. The van der Waals surface area contributed by atoms with Crippen LogP contribution in [0.25, 0.3) is 0 Å². The summed E-state index contributed by atoms with van der Waals surface area (Å²) < 4.78 is 0. The van der Waals surface area contributed by atoms with Gasteiger partial charge in [0, 0.05) is 13.1 Å². The molecule has 0 bridgehead atoms. The van der Waals surface area contributed by atoms with Gasteiger partial charge >= 0.3 is 6.03 Å². The fourth-order valence-electron chi connectivity index (χ4n) is 2.44. The van der Waals surface area contributed by atoms with Crippen molar-refractivity contribution >= 4 is 6.03 Å². The number of nitrogens with one attached hydrogen (secondary N) is 1. The molecular formula is C12H22N6O. The lowest BCUT2D eigenvalue weighted by Crippen LogP contribution is -2.40. The molecular weight excluding hydrogens is 244 g/mol. The first-order valence-corrected chi connectivity index (χ1v) is 6.94. The number of hydrogen-bond donors (Lipinski definition) is 1. The molecule has 1 aliphatic heterocycles. The molecule has 1 aromatic rings. The van der Waals surface area contributed by atoms with Gasteiger partial charge in [-0.2, -0.15) is 4.80 Å². The lowest BCUT2D eigenvalue weighted by atomic mass is 9.98. The number of tetrazole rings is 1. The third kappa shape index (κ3) is 3.90. The van der Waals surface area contributed by atoms with Crippen molar-refractivity contribution < 1.29 is 4.79 Å². The molecule has 0 unspecified atom stereocenters. The van der Waals surface area contributed by atoms with Crippen LogP contribution < -0.4 is 5.32 Å². The fraction of sp³-hybridized carbons (Fsp3) is 0.833. The van der Waals surface area contributed by atoms with Crippen molar-refractivity contribution in [1.29, 1.82) is 0 Å². The Hall–Kier alpha value is -1.66. The first kappa shape index (κ1) is 13.8. The summed E-state index contributed by atoms with van der Waals surface area (Å²) in [5.74, 6) is 1.30. The van der Waals surface area contributed by atoms with Crippen molar-refractivity contribution in [3.63, 3.8) is 0 Å². The summed E-state index contributed by atoms with van der Waals surface area (Å²) >= 11 is 0. The minimum Gasteiger partial charge on any atom is -0.331 e. The van der Waals surface area contributed by atoms with Crippen LogP contribution in [0, 0.1) is 5.92 Å². The third-order valence-corrected chi connectivity index (χ3v) is 3.66. The van der Waals surface area contributed by atoms with Crippen LogP contribution in [0.4, 0.5) is 4.79 Å². The van der Waals surface area contributed by atoms with Gasteiger partial charge in [0.2, 0.25) is 0 Å². The molecule has 0 aliphatic carbocycles. The van der Waals surface area contributed by atoms with Gasteiger partial charge in [-0.15, -0.1) is 10.2 Å². The minimum atomic E-state index is -0.0239. The molecule has 0 spiro atoms. The van der Waals surface area contributed by atoms with Gasteiger partial charge in [0.15, 0.2) is 5.82 Å². The standard InChI is InChI=1S/C12H22N6O/c1-3-10-5-4-7-18(8-6-10)12(19)13-9-11-14-16-17(2)15-11/h10H,3-9H2,1-2H3,(H,13,19)/t10-/m1/s1. The summed E-state index contributed by atoms with van der Waals surface area (Å²) in [7, 11) is 1.71. The second-order valence-corrected chi connectivity index (χ2v) is 5.05. The molecule has 1 atom stereocenters. The van der Waals surface area contributed by atoms with Crippen LogP contribution in [-0.2, 0) is 13.6 Å². The van der Waals surface area contributed by atoms with Crippen molar-refractivity contribution in [2.45, 2.75) is 39.2 Å². The Kier molecular flexibility index (Phi) is 4.70. The van der Waals surface area contributed by atoms with Crippen LogP contribution >= 0.6 is 0 Å². The SMILES string of the molecule is CC[C@@H]1CCCN(C(=O)NCc2nnn(C)n2)CC1. The van der Waals surface area contributed by atoms with Crippen LogP contribution in [0.5, 0.6) is 0 Å². The maximum Gasteiger partial charge on any atom is 0.317 e. The minimum absolute atomic E-state index is 0.0239. The van der Waals surface area contributed by atoms with E-state index in [0.717, 1.165) is 31.8 Å². The highest BCUT2D eigenvalue weighted by molar-refractivity contribution is 5.74. The second kappa shape index (κ2) is 6.49. The highest BCUT2D eigenvalue weighted by atomic mass is 16.2. The third-order valence-electron chi connectivity index (χ3n) is 3.66. The molecule has 2 heterocycles. The number of amides is 2. The molecule has 2 amide bonds. The highest BCUT2D eigenvalue weighted by Crippen LogP contribution is 2.20. The second-order valence-electron chi connectivity index (χ2n) is 5.05. The Bertz CT molecular complexity index is 418. The van der Waals surface area contributed by atoms with Gasteiger partial charge in [-0.05, 0) is 30.4 Å². The molecule has 7 heteroatoms. The van der Waals surface area contributed by atoms with Crippen LogP contribution in [0.2, 0.25) is 0 Å². The van der Waals surface area contributed by atoms with Crippen molar-refractivity contribution in [2.75, 3.05) is 13.1 Å². The van der Waals surface area contributed by atoms with Gasteiger partial charge in [-0.25, -0.2) is 4.79 Å². The molecule has 1 saturated heterocycles. The Balaban J connectivity index is 1.79. The van der Waals surface area contributed by atoms with Crippen LogP contribution in [0.1, 0.15) is 38.4 Å². The van der Waals surface area contributed by atoms with E-state index in [1.807, 2.05) is 4.90 Å². The van der Waals surface area contributed by atoms with E-state index in [9.17, 15) is 4.79 Å². The lowest BCUT2D eigenvalue weighted by Gasteiger charge is -2.20. The highest BCUT2D eigenvalue weighted by Gasteiger charge is 2.19. The summed E-state index contributed by atoms with van der Waals surface area (Å²) in [5.41, 5.74) is 0. The van der Waals surface area contributed by atoms with Crippen molar-refractivity contribution in [3.8, 4) is 0 Å². The number of rotatable bonds is 3. The first-order chi connectivity index (χ1) is 9.19. The number of aryl methyl sites for hydroxylation is 1. The lowest BCUT2D eigenvalue weighted by molar-refractivity contribution is 0.198. The zero-order valence-electron chi connectivity index (χ0n) is 11.7. The monoisotopic (exact) mass is 266 g/mol. The topological polar surface area (TPSA) is 75.9 Å². The molecule has 106 valence electrons. The number of hydrogen-bond acceptors (Lipinski definition) is 4. The number of urea groups is 1. The van der Waals surface area contributed by atoms with Gasteiger partial charge < -0.3 is 10.2 Å². The van der Waals surface area contributed by atoms with Crippen LogP contribution in [-0.4, -0.2) is 44.2 Å². The summed E-state index contributed by atoms with van der Waals surface area (Å²) in [5, 5.41) is 14.5. The molecule has 1 fully saturated rings. The maximum atomic E-state index is 12.1. The summed E-state index contributed by atoms with van der Waals surface area (Å²) in [4.78, 5) is 15.3. The van der Waals surface area contributed by atoms with E-state index in [1.54, 1.807) is 7.05 Å². The number of aromatic nitrogens is 4. The molecule has 1 aromatic heterocycles. The Morgan fingerprint density at radius 2 is 2.26 bits per heavy atom. The average molecular weight is 266 g/mol. The van der Waals surface area contributed by atoms with Gasteiger partial charge in [0.1, 0.15) is 0 Å². The van der Waals surface area contributed by atoms with E-state index in [0.29, 0.717) is 12.4 Å². The average Bonchev–Trinajstić information content (AvgIpc) is 2.69. The Labute approximate surface area is 113 Å². The predicted octanol–water partition coefficient (Wildman–Crippen LogP) is 0.932. The molecule has 1 N–H and O–H groups in total. The summed E-state index contributed by atoms with van der Waals surface area (Å²) in [6.07, 6.45) is 4.63. The molecule has 2 rings (SSSR count). The van der Waals surface area contributed by atoms with E-state index in [2.05, 4.69) is 27.7 Å². The normalized spacial score (nSPS) is 20.1. The van der Waals surface area contributed by atoms with Gasteiger partial charge in [-0.3, -0.25) is 0 Å². The van der Waals surface area contributed by atoms with Crippen LogP contribution in [0.15, 0.2) is 0 Å². The molecule has 19 heavy (non-hydrogen) atoms. The zero-order valence-corrected chi connectivity index (χ0v) is 11.7. The van der Waals surface area contributed by atoms with Crippen molar-refractivity contribution in [3.05, 3.63) is 5.82 Å². The fourth-order valence-corrected chi connectivity index (χ4v) is 2.44. The first-order valence-electron chi connectivity index (χ1n) is 6.94. The van der Waals surface area contributed by atoms with E-state index in [-0.39, 0.29) is 6.03 Å². The summed E-state index contributed by atoms with van der Waals surface area (Å²) in [6.45, 7) is 4.25. The largest absolute Gasteiger partial charge is 0.331 e. The van der Waals surface area contributed by atoms with E-state index in [1.165, 1.54) is 17.6 Å². The number of carbonyl (C=O) groups excluding carboxylic acids is 1. The molecule has 0 saturated carbocycles. The molecule has 0 aromatic carbocycles.